The lowest BCUT2D eigenvalue weighted by Gasteiger charge is -2.17. The van der Waals surface area contributed by atoms with Gasteiger partial charge in [0.05, 0.1) is 0 Å². The monoisotopic (exact) mass is 365 g/mol. The Morgan fingerprint density at radius 1 is 1.42 bits per heavy atom. The lowest BCUT2D eigenvalue weighted by Crippen LogP contribution is -2.22. The molecular weight excluding hydrogens is 353 g/mol. The van der Waals surface area contributed by atoms with Crippen molar-refractivity contribution in [3.05, 3.63) is 50.8 Å². The van der Waals surface area contributed by atoms with Crippen molar-refractivity contribution >= 4 is 35.2 Å². The molecular formula is C16H13Cl2N3O3. The molecule has 2 aromatic rings. The fourth-order valence-corrected chi connectivity index (χ4v) is 3.30. The van der Waals surface area contributed by atoms with E-state index in [4.69, 9.17) is 28.3 Å². The minimum atomic E-state index is -1.14. The largest absolute Gasteiger partial charge is 0.465 e. The number of rotatable bonds is 3. The normalized spacial score (nSPS) is 12.7. The zero-order valence-corrected chi connectivity index (χ0v) is 14.1. The van der Waals surface area contributed by atoms with Gasteiger partial charge < -0.3 is 15.7 Å². The number of aromatic nitrogens is 1. The summed E-state index contributed by atoms with van der Waals surface area (Å²) in [5, 5.41) is 14.9. The molecule has 0 saturated carbocycles. The first-order valence-electron chi connectivity index (χ1n) is 7.11. The summed E-state index contributed by atoms with van der Waals surface area (Å²) in [4.78, 5) is 27.2. The molecule has 1 aromatic heterocycles. The lowest BCUT2D eigenvalue weighted by molar-refractivity contribution is 0.0961. The van der Waals surface area contributed by atoms with Crippen LogP contribution in [0.3, 0.4) is 0 Å². The highest BCUT2D eigenvalue weighted by Gasteiger charge is 2.28. The minimum Gasteiger partial charge on any atom is -0.465 e. The van der Waals surface area contributed by atoms with Crippen LogP contribution in [0.5, 0.6) is 0 Å². The average Bonchev–Trinajstić information content (AvgIpc) is 2.86. The molecule has 0 atom stereocenters. The zero-order valence-electron chi connectivity index (χ0n) is 12.6. The highest BCUT2D eigenvalue weighted by Crippen LogP contribution is 2.38. The summed E-state index contributed by atoms with van der Waals surface area (Å²) in [5.74, 6) is -0.253. The van der Waals surface area contributed by atoms with Crippen LogP contribution in [-0.4, -0.2) is 22.1 Å². The number of carboxylic acid groups (broad SMARTS) is 1. The third kappa shape index (κ3) is 2.90. The number of nitrogens with one attached hydrogen (secondary N) is 2. The highest BCUT2D eigenvalue weighted by atomic mass is 35.5. The van der Waals surface area contributed by atoms with E-state index in [0.717, 1.165) is 0 Å². The van der Waals surface area contributed by atoms with Crippen LogP contribution in [0.25, 0.3) is 11.1 Å². The quantitative estimate of drug-likeness (QED) is 0.777. The van der Waals surface area contributed by atoms with E-state index in [1.807, 2.05) is 0 Å². The summed E-state index contributed by atoms with van der Waals surface area (Å²) < 4.78 is 0. The molecule has 0 spiro atoms. The van der Waals surface area contributed by atoms with Crippen LogP contribution in [0, 0.1) is 6.92 Å². The smallest absolute Gasteiger partial charge is 0.404 e. The second-order valence-corrected chi connectivity index (χ2v) is 6.19. The number of carbonyl (C=O) groups excluding carboxylic acids is 1. The van der Waals surface area contributed by atoms with E-state index in [2.05, 4.69) is 15.6 Å². The molecule has 0 unspecified atom stereocenters. The number of aryl methyl sites for hydroxylation is 1. The summed E-state index contributed by atoms with van der Waals surface area (Å²) in [5.41, 5.74) is 3.69. The number of pyridine rings is 1. The van der Waals surface area contributed by atoms with Gasteiger partial charge in [-0.1, -0.05) is 29.3 Å². The van der Waals surface area contributed by atoms with Crippen molar-refractivity contribution in [3.8, 4) is 11.1 Å². The number of halogens is 2. The predicted molar refractivity (Wildman–Crippen MR) is 90.5 cm³/mol. The fourth-order valence-electron chi connectivity index (χ4n) is 2.79. The molecule has 1 aliphatic rings. The molecule has 0 aliphatic carbocycles. The van der Waals surface area contributed by atoms with Crippen LogP contribution in [0.2, 0.25) is 10.0 Å². The maximum atomic E-state index is 12.0. The van der Waals surface area contributed by atoms with Gasteiger partial charge in [0.1, 0.15) is 5.69 Å². The van der Waals surface area contributed by atoms with Crippen LogP contribution >= 0.6 is 23.2 Å². The van der Waals surface area contributed by atoms with Gasteiger partial charge in [-0.25, -0.2) is 9.78 Å². The SMILES string of the molecule is Cc1nc2c(c(-c3ccc(Cl)cc3Cl)c1CNC(=O)O)CNC2=O. The van der Waals surface area contributed by atoms with Crippen LogP contribution in [0.1, 0.15) is 27.3 Å². The van der Waals surface area contributed by atoms with Gasteiger partial charge in [0.25, 0.3) is 5.91 Å². The number of benzene rings is 1. The third-order valence-electron chi connectivity index (χ3n) is 3.86. The van der Waals surface area contributed by atoms with Crippen molar-refractivity contribution in [3.63, 3.8) is 0 Å². The summed E-state index contributed by atoms with van der Waals surface area (Å²) >= 11 is 12.3. The molecule has 8 heteroatoms. The highest BCUT2D eigenvalue weighted by molar-refractivity contribution is 6.36. The van der Waals surface area contributed by atoms with E-state index in [-0.39, 0.29) is 12.5 Å². The molecule has 24 heavy (non-hydrogen) atoms. The van der Waals surface area contributed by atoms with Gasteiger partial charge in [-0.3, -0.25) is 4.79 Å². The summed E-state index contributed by atoms with van der Waals surface area (Å²) in [6, 6.07) is 5.06. The number of amides is 2. The number of hydrogen-bond donors (Lipinski definition) is 3. The van der Waals surface area contributed by atoms with Gasteiger partial charge in [-0.2, -0.15) is 0 Å². The second-order valence-electron chi connectivity index (χ2n) is 5.34. The van der Waals surface area contributed by atoms with Gasteiger partial charge in [0, 0.05) is 45.5 Å². The Labute approximate surface area is 147 Å². The molecule has 0 saturated heterocycles. The molecule has 0 fully saturated rings. The second kappa shape index (κ2) is 6.30. The Morgan fingerprint density at radius 3 is 2.83 bits per heavy atom. The molecule has 124 valence electrons. The lowest BCUT2D eigenvalue weighted by atomic mass is 9.93. The van der Waals surface area contributed by atoms with Gasteiger partial charge in [0.2, 0.25) is 0 Å². The van der Waals surface area contributed by atoms with Crippen molar-refractivity contribution in [2.24, 2.45) is 0 Å². The zero-order chi connectivity index (χ0) is 17.4. The molecule has 3 N–H and O–H groups in total. The first-order valence-corrected chi connectivity index (χ1v) is 7.87. The van der Waals surface area contributed by atoms with E-state index in [9.17, 15) is 9.59 Å². The van der Waals surface area contributed by atoms with Gasteiger partial charge in [-0.15, -0.1) is 0 Å². The first kappa shape index (κ1) is 16.5. The Morgan fingerprint density at radius 2 is 2.17 bits per heavy atom. The van der Waals surface area contributed by atoms with E-state index in [1.54, 1.807) is 25.1 Å². The van der Waals surface area contributed by atoms with Crippen LogP contribution in [0.4, 0.5) is 4.79 Å². The van der Waals surface area contributed by atoms with Crippen molar-refractivity contribution in [1.82, 2.24) is 15.6 Å². The Kier molecular flexibility index (Phi) is 4.34. The maximum Gasteiger partial charge on any atom is 0.404 e. The molecule has 3 rings (SSSR count). The molecule has 2 heterocycles. The molecule has 6 nitrogen and oxygen atoms in total. The van der Waals surface area contributed by atoms with E-state index < -0.39 is 6.09 Å². The number of carbonyl (C=O) groups is 2. The molecule has 1 aliphatic heterocycles. The molecule has 0 radical (unpaired) electrons. The summed E-state index contributed by atoms with van der Waals surface area (Å²) in [6.07, 6.45) is -1.14. The van der Waals surface area contributed by atoms with Crippen molar-refractivity contribution in [2.75, 3.05) is 0 Å². The van der Waals surface area contributed by atoms with Crippen LogP contribution < -0.4 is 10.6 Å². The fraction of sp³-hybridized carbons (Fsp3) is 0.188. The van der Waals surface area contributed by atoms with E-state index in [1.165, 1.54) is 0 Å². The standard InChI is InChI=1S/C16H13Cl2N3O3/c1-7-10(5-20-16(23)24)13(9-3-2-8(17)4-12(9)18)11-6-19-15(22)14(11)21-7/h2-4,20H,5-6H2,1H3,(H,19,22)(H,23,24). The number of nitrogens with zero attached hydrogens (tertiary/aromatic N) is 1. The van der Waals surface area contributed by atoms with Gasteiger partial charge in [-0.05, 0) is 24.6 Å². The van der Waals surface area contributed by atoms with Crippen LogP contribution in [-0.2, 0) is 13.1 Å². The average molecular weight is 366 g/mol. The maximum absolute atomic E-state index is 12.0. The topological polar surface area (TPSA) is 91.3 Å². The van der Waals surface area contributed by atoms with Gasteiger partial charge >= 0.3 is 6.09 Å². The Bertz CT molecular complexity index is 868. The summed E-state index contributed by atoms with van der Waals surface area (Å²) in [6.45, 7) is 2.11. The van der Waals surface area contributed by atoms with Crippen molar-refractivity contribution in [1.29, 1.82) is 0 Å². The molecule has 1 aromatic carbocycles. The van der Waals surface area contributed by atoms with E-state index in [0.29, 0.717) is 50.2 Å². The summed E-state index contributed by atoms with van der Waals surface area (Å²) in [7, 11) is 0. The predicted octanol–water partition coefficient (Wildman–Crippen LogP) is 3.37. The van der Waals surface area contributed by atoms with E-state index >= 15 is 0 Å². The van der Waals surface area contributed by atoms with Gasteiger partial charge in [0.15, 0.2) is 0 Å². The molecule has 0 bridgehead atoms. The third-order valence-corrected chi connectivity index (χ3v) is 4.41. The van der Waals surface area contributed by atoms with Crippen LogP contribution in [0.15, 0.2) is 18.2 Å². The Hall–Kier alpha value is -2.31. The van der Waals surface area contributed by atoms with Crippen molar-refractivity contribution < 1.29 is 14.7 Å². The Balaban J connectivity index is 2.26. The number of fused-ring (bicyclic) bond motifs is 1. The first-order chi connectivity index (χ1) is 11.4. The van der Waals surface area contributed by atoms with Crippen molar-refractivity contribution in [2.45, 2.75) is 20.0 Å². The number of hydrogen-bond acceptors (Lipinski definition) is 3. The minimum absolute atomic E-state index is 0.0595. The molecule has 2 amide bonds.